The zero-order valence-corrected chi connectivity index (χ0v) is 8.41. The third-order valence-corrected chi connectivity index (χ3v) is 3.49. The van der Waals surface area contributed by atoms with Crippen LogP contribution in [0.15, 0.2) is 23.3 Å². The van der Waals surface area contributed by atoms with Crippen LogP contribution in [0.1, 0.15) is 9.75 Å². The van der Waals surface area contributed by atoms with Crippen LogP contribution in [-0.2, 0) is 0 Å². The smallest absolute Gasteiger partial charge is 0.0600 e. The first-order valence-electron chi connectivity index (χ1n) is 3.75. The molecule has 0 aromatic carbocycles. The van der Waals surface area contributed by atoms with E-state index in [0.717, 1.165) is 5.75 Å². The fourth-order valence-electron chi connectivity index (χ4n) is 1.07. The summed E-state index contributed by atoms with van der Waals surface area (Å²) in [7, 11) is 0. The molecule has 62 valence electrons. The zero-order valence-electron chi connectivity index (χ0n) is 6.78. The van der Waals surface area contributed by atoms with Crippen LogP contribution < -0.4 is 0 Å². The van der Waals surface area contributed by atoms with Gasteiger partial charge >= 0.3 is 0 Å². The molecule has 1 aliphatic rings. The van der Waals surface area contributed by atoms with E-state index < -0.39 is 0 Å². The highest BCUT2D eigenvalue weighted by Gasteiger charge is 2.05. The average Bonchev–Trinajstić information content (AvgIpc) is 2.54. The van der Waals surface area contributed by atoms with Gasteiger partial charge in [-0.05, 0) is 24.6 Å². The summed E-state index contributed by atoms with van der Waals surface area (Å²) < 4.78 is 0. The summed E-state index contributed by atoms with van der Waals surface area (Å²) >= 11 is 3.59. The van der Waals surface area contributed by atoms with Crippen LogP contribution in [0.5, 0.6) is 0 Å². The van der Waals surface area contributed by atoms with Crippen LogP contribution in [0.3, 0.4) is 0 Å². The van der Waals surface area contributed by atoms with E-state index in [-0.39, 0.29) is 0 Å². The molecule has 0 amide bonds. The predicted octanol–water partition coefficient (Wildman–Crippen LogP) is 3.17. The van der Waals surface area contributed by atoms with Crippen molar-refractivity contribution in [3.63, 3.8) is 0 Å². The SMILES string of the molecule is Cc1ccc(C2=CN=CSC2)s1. The minimum Gasteiger partial charge on any atom is -0.258 e. The van der Waals surface area contributed by atoms with Gasteiger partial charge in [-0.2, -0.15) is 0 Å². The molecule has 1 aromatic rings. The van der Waals surface area contributed by atoms with E-state index in [4.69, 9.17) is 0 Å². The Hall–Kier alpha value is -0.540. The van der Waals surface area contributed by atoms with Gasteiger partial charge in [-0.1, -0.05) is 0 Å². The van der Waals surface area contributed by atoms with E-state index in [1.807, 2.05) is 23.1 Å². The predicted molar refractivity (Wildman–Crippen MR) is 58.0 cm³/mol. The molecule has 1 aliphatic heterocycles. The van der Waals surface area contributed by atoms with Gasteiger partial charge in [0.25, 0.3) is 0 Å². The summed E-state index contributed by atoms with van der Waals surface area (Å²) in [5.74, 6) is 1.06. The first-order chi connectivity index (χ1) is 5.86. The minimum atomic E-state index is 1.06. The molecule has 0 bridgehead atoms. The van der Waals surface area contributed by atoms with Crippen LogP contribution in [-0.4, -0.2) is 11.3 Å². The van der Waals surface area contributed by atoms with Crippen LogP contribution in [0.4, 0.5) is 0 Å². The second kappa shape index (κ2) is 3.46. The summed E-state index contributed by atoms with van der Waals surface area (Å²) in [6.07, 6.45) is 1.96. The second-order valence-corrected chi connectivity index (χ2v) is 4.75. The van der Waals surface area contributed by atoms with E-state index in [9.17, 15) is 0 Å². The van der Waals surface area contributed by atoms with Gasteiger partial charge < -0.3 is 0 Å². The van der Waals surface area contributed by atoms with Gasteiger partial charge in [0.1, 0.15) is 0 Å². The molecule has 1 nitrogen and oxygen atoms in total. The molecule has 0 unspecified atom stereocenters. The minimum absolute atomic E-state index is 1.06. The van der Waals surface area contributed by atoms with Gasteiger partial charge in [0, 0.05) is 21.7 Å². The normalized spacial score (nSPS) is 16.2. The number of aryl methyl sites for hydroxylation is 1. The van der Waals surface area contributed by atoms with Crippen LogP contribution >= 0.6 is 23.1 Å². The zero-order chi connectivity index (χ0) is 8.39. The Morgan fingerprint density at radius 3 is 2.92 bits per heavy atom. The molecule has 0 atom stereocenters. The number of thiophene rings is 1. The molecule has 0 saturated heterocycles. The summed E-state index contributed by atoms with van der Waals surface area (Å²) in [5.41, 5.74) is 3.24. The molecule has 0 spiro atoms. The molecule has 1 aromatic heterocycles. The van der Waals surface area contributed by atoms with Crippen molar-refractivity contribution in [1.29, 1.82) is 0 Å². The van der Waals surface area contributed by atoms with Gasteiger partial charge in [-0.15, -0.1) is 23.1 Å². The Kier molecular flexibility index (Phi) is 2.33. The second-order valence-electron chi connectivity index (χ2n) is 2.63. The monoisotopic (exact) mass is 195 g/mol. The molecule has 12 heavy (non-hydrogen) atoms. The third-order valence-electron chi connectivity index (χ3n) is 1.66. The topological polar surface area (TPSA) is 12.4 Å². The number of nitrogens with zero attached hydrogens (tertiary/aromatic N) is 1. The Labute approximate surface area is 80.2 Å². The summed E-state index contributed by atoms with van der Waals surface area (Å²) in [6, 6.07) is 4.33. The molecule has 0 N–H and O–H groups in total. The Bertz CT molecular complexity index is 336. The molecule has 0 aliphatic carbocycles. The first-order valence-corrected chi connectivity index (χ1v) is 5.62. The Morgan fingerprint density at radius 1 is 1.42 bits per heavy atom. The van der Waals surface area contributed by atoms with Crippen molar-refractivity contribution in [2.24, 2.45) is 4.99 Å². The Balaban J connectivity index is 2.30. The number of thioether (sulfide) groups is 1. The largest absolute Gasteiger partial charge is 0.258 e. The first kappa shape index (κ1) is 8.08. The molecule has 0 fully saturated rings. The highest BCUT2D eigenvalue weighted by atomic mass is 32.2. The highest BCUT2D eigenvalue weighted by Crippen LogP contribution is 2.27. The van der Waals surface area contributed by atoms with E-state index >= 15 is 0 Å². The molecular formula is C9H9NS2. The maximum atomic E-state index is 4.13. The fraction of sp³-hybridized carbons (Fsp3) is 0.222. The molecule has 2 rings (SSSR count). The van der Waals surface area contributed by atoms with Gasteiger partial charge in [0.2, 0.25) is 0 Å². The maximum Gasteiger partial charge on any atom is 0.0600 e. The van der Waals surface area contributed by atoms with Crippen LogP contribution in [0.25, 0.3) is 5.57 Å². The highest BCUT2D eigenvalue weighted by molar-refractivity contribution is 8.12. The number of hydrogen-bond acceptors (Lipinski definition) is 3. The van der Waals surface area contributed by atoms with Gasteiger partial charge in [-0.25, -0.2) is 0 Å². The molecule has 3 heteroatoms. The van der Waals surface area contributed by atoms with E-state index in [2.05, 4.69) is 24.0 Å². The fourth-order valence-corrected chi connectivity index (χ4v) is 2.67. The summed E-state index contributed by atoms with van der Waals surface area (Å²) in [6.45, 7) is 2.13. The summed E-state index contributed by atoms with van der Waals surface area (Å²) in [4.78, 5) is 6.85. The van der Waals surface area contributed by atoms with Crippen molar-refractivity contribution in [1.82, 2.24) is 0 Å². The standard InChI is InChI=1S/C9H9NS2/c1-7-2-3-9(12-7)8-4-10-6-11-5-8/h2-4,6H,5H2,1H3. The summed E-state index contributed by atoms with van der Waals surface area (Å²) in [5, 5.41) is 0. The molecule has 0 radical (unpaired) electrons. The van der Waals surface area contributed by atoms with Gasteiger partial charge in [0.05, 0.1) is 5.55 Å². The number of aliphatic imine (C=N–C) groups is 1. The lowest BCUT2D eigenvalue weighted by Gasteiger charge is -2.04. The van der Waals surface area contributed by atoms with Crippen molar-refractivity contribution in [2.45, 2.75) is 6.92 Å². The molecule has 0 saturated carbocycles. The van der Waals surface area contributed by atoms with E-state index in [1.54, 1.807) is 11.8 Å². The van der Waals surface area contributed by atoms with Gasteiger partial charge in [0.15, 0.2) is 0 Å². The lowest BCUT2D eigenvalue weighted by Crippen LogP contribution is -1.88. The lowest BCUT2D eigenvalue weighted by atomic mass is 10.2. The van der Waals surface area contributed by atoms with Crippen LogP contribution in [0, 0.1) is 6.92 Å². The van der Waals surface area contributed by atoms with Crippen molar-refractivity contribution < 1.29 is 0 Å². The number of rotatable bonds is 1. The lowest BCUT2D eigenvalue weighted by molar-refractivity contribution is 1.56. The van der Waals surface area contributed by atoms with Crippen molar-refractivity contribution in [3.8, 4) is 0 Å². The Morgan fingerprint density at radius 2 is 2.33 bits per heavy atom. The van der Waals surface area contributed by atoms with Gasteiger partial charge in [-0.3, -0.25) is 4.99 Å². The number of hydrogen-bond donors (Lipinski definition) is 0. The van der Waals surface area contributed by atoms with E-state index in [1.165, 1.54) is 15.3 Å². The molecular weight excluding hydrogens is 186 g/mol. The quantitative estimate of drug-likeness (QED) is 0.670. The molecule has 2 heterocycles. The van der Waals surface area contributed by atoms with Crippen molar-refractivity contribution >= 4 is 34.2 Å². The third kappa shape index (κ3) is 1.62. The van der Waals surface area contributed by atoms with E-state index in [0.29, 0.717) is 0 Å². The van der Waals surface area contributed by atoms with Crippen LogP contribution in [0.2, 0.25) is 0 Å². The average molecular weight is 195 g/mol. The van der Waals surface area contributed by atoms with Crippen molar-refractivity contribution in [2.75, 3.05) is 5.75 Å². The maximum absolute atomic E-state index is 4.13. The van der Waals surface area contributed by atoms with Crippen molar-refractivity contribution in [3.05, 3.63) is 28.1 Å².